The Balaban J connectivity index is 1.09. The van der Waals surface area contributed by atoms with E-state index in [1.165, 1.54) is 140 Å². The molecule has 4 aliphatic carbocycles. The van der Waals surface area contributed by atoms with Gasteiger partial charge in [-0.25, -0.2) is 0 Å². The maximum atomic E-state index is 7.14. The fourth-order valence-electron chi connectivity index (χ4n) is 16.5. The molecule has 312 valence electrons. The van der Waals surface area contributed by atoms with Crippen LogP contribution in [0.2, 0.25) is 0 Å². The molecule has 1 heterocycles. The van der Waals surface area contributed by atoms with E-state index in [1.54, 1.807) is 16.5 Å². The van der Waals surface area contributed by atoms with Crippen LogP contribution in [0.25, 0.3) is 130 Å². The third kappa shape index (κ3) is 3.18. The number of thiol groups is 3. The summed E-state index contributed by atoms with van der Waals surface area (Å²) in [6.07, 6.45) is 7.61. The lowest BCUT2D eigenvalue weighted by Gasteiger charge is -2.52. The van der Waals surface area contributed by atoms with E-state index in [2.05, 4.69) is 123 Å². The number of rotatable bonds is 13. The van der Waals surface area contributed by atoms with E-state index >= 15 is 0 Å². The molecule has 3 atom stereocenters. The van der Waals surface area contributed by atoms with Gasteiger partial charge in [-0.1, -0.05) is 60.7 Å². The number of hydrogen-bond acceptors (Lipinski definition) is 7. The Hall–Kier alpha value is -5.31. The minimum atomic E-state index is -0.467. The first kappa shape index (κ1) is 35.0. The van der Waals surface area contributed by atoms with Gasteiger partial charge in [0.2, 0.25) is 5.75 Å². The fourth-order valence-corrected chi connectivity index (χ4v) is 16.9. The fraction of sp³-hybridized carbons (Fsp3) is 0.241. The van der Waals surface area contributed by atoms with Crippen LogP contribution >= 0.6 is 37.9 Å². The minimum Gasteiger partial charge on any atom is -0.490 e. The largest absolute Gasteiger partial charge is 0.490 e. The molecule has 0 amide bonds. The molecular formula is C58H39NO3S3. The molecule has 18 rings (SSSR count). The Labute approximate surface area is 388 Å². The predicted octanol–water partition coefficient (Wildman–Crippen LogP) is 12.0. The molecule has 5 aliphatic rings. The Bertz CT molecular complexity index is 4460. The van der Waals surface area contributed by atoms with Gasteiger partial charge in [0.15, 0.2) is 11.5 Å². The zero-order chi connectivity index (χ0) is 42.3. The van der Waals surface area contributed by atoms with Crippen LogP contribution in [0.4, 0.5) is 0 Å². The highest BCUT2D eigenvalue weighted by atomic mass is 32.1. The van der Waals surface area contributed by atoms with Crippen LogP contribution in [0.15, 0.2) is 72.8 Å². The number of fused-ring (bicyclic) bond motifs is 3. The van der Waals surface area contributed by atoms with Crippen molar-refractivity contribution in [3.63, 3.8) is 0 Å². The summed E-state index contributed by atoms with van der Waals surface area (Å²) in [4.78, 5) is 2.72. The summed E-state index contributed by atoms with van der Waals surface area (Å²) in [5.74, 6) is 4.48. The van der Waals surface area contributed by atoms with Gasteiger partial charge in [-0.3, -0.25) is 4.90 Å². The third-order valence-corrected chi connectivity index (χ3v) is 18.9. The zero-order valence-electron chi connectivity index (χ0n) is 35.6. The van der Waals surface area contributed by atoms with E-state index in [0.29, 0.717) is 25.6 Å². The highest BCUT2D eigenvalue weighted by Gasteiger charge is 2.74. The average Bonchev–Trinajstić information content (AvgIpc) is 4.17. The highest BCUT2D eigenvalue weighted by Crippen LogP contribution is 2.78. The molecule has 7 heteroatoms. The van der Waals surface area contributed by atoms with Crippen molar-refractivity contribution < 1.29 is 14.2 Å². The van der Waals surface area contributed by atoms with Crippen LogP contribution in [0.3, 0.4) is 0 Å². The summed E-state index contributed by atoms with van der Waals surface area (Å²) in [5, 5.41) is 35.5. The molecule has 2 spiro atoms. The average molecular weight is 894 g/mol. The summed E-state index contributed by atoms with van der Waals surface area (Å²) in [6, 6.07) is 24.3. The van der Waals surface area contributed by atoms with Crippen LogP contribution < -0.4 is 24.6 Å². The standard InChI is InChI=1S/C58H39NO3S3/c1-59-23-57-33-14-15-34-31-12-10-29-27-8-6-25-24-5-7-26-28-9-11-30(33)42-40(28)45-38(26)36(24)44-37(25)39(27)46-41(29)43(31)53(51-49(46)47(44)48(45)50(51)52(42)57)58(34,57)56(59)32-13-16-35(60-17-2-20-63)55(62-19-4-22-65)54(32)61-18-3-21-64/h5-16,56,63-65H,2-4,17-23H2,1H3. The molecule has 0 bridgehead atoms. The predicted molar refractivity (Wildman–Crippen MR) is 281 cm³/mol. The van der Waals surface area contributed by atoms with Crippen molar-refractivity contribution in [2.45, 2.75) is 36.1 Å². The van der Waals surface area contributed by atoms with Crippen molar-refractivity contribution in [1.82, 2.24) is 4.90 Å². The number of benzene rings is 9. The number of likely N-dealkylation sites (N-methyl/N-ethyl adjacent to an activating group) is 1. The van der Waals surface area contributed by atoms with Crippen molar-refractivity contribution in [3.05, 3.63) is 99.9 Å². The van der Waals surface area contributed by atoms with Gasteiger partial charge in [0.25, 0.3) is 0 Å². The van der Waals surface area contributed by atoms with Gasteiger partial charge in [0.05, 0.1) is 36.7 Å². The van der Waals surface area contributed by atoms with Gasteiger partial charge in [-0.15, -0.1) is 0 Å². The molecular weight excluding hydrogens is 855 g/mol. The second-order valence-corrected chi connectivity index (χ2v) is 21.5. The second kappa shape index (κ2) is 10.9. The smallest absolute Gasteiger partial charge is 0.203 e. The molecule has 65 heavy (non-hydrogen) atoms. The second-order valence-electron chi connectivity index (χ2n) is 20.2. The molecule has 13 aromatic carbocycles. The molecule has 0 saturated carbocycles. The molecule has 0 radical (unpaired) electrons. The third-order valence-electron chi connectivity index (χ3n) is 18.0. The Morgan fingerprint density at radius 1 is 0.477 bits per heavy atom. The molecule has 1 aliphatic heterocycles. The number of ether oxygens (including phenoxy) is 3. The van der Waals surface area contributed by atoms with Crippen molar-refractivity contribution in [2.24, 2.45) is 0 Å². The van der Waals surface area contributed by atoms with Gasteiger partial charge >= 0.3 is 0 Å². The van der Waals surface area contributed by atoms with Gasteiger partial charge in [-0.05, 0) is 207 Å². The molecule has 4 nitrogen and oxygen atoms in total. The molecule has 1 saturated heterocycles. The minimum absolute atomic E-state index is 0.0870. The summed E-state index contributed by atoms with van der Waals surface area (Å²) in [7, 11) is 2.40. The topological polar surface area (TPSA) is 30.9 Å². The summed E-state index contributed by atoms with van der Waals surface area (Å²) in [6.45, 7) is 2.50. The lowest BCUT2D eigenvalue weighted by Crippen LogP contribution is -2.52. The van der Waals surface area contributed by atoms with Crippen LogP contribution in [0.5, 0.6) is 17.2 Å². The first-order valence-corrected chi connectivity index (χ1v) is 25.5. The van der Waals surface area contributed by atoms with Crippen molar-refractivity contribution in [3.8, 4) is 17.2 Å². The quantitative estimate of drug-likeness (QED) is 0.0611. The van der Waals surface area contributed by atoms with E-state index in [4.69, 9.17) is 14.2 Å². The lowest BCUT2D eigenvalue weighted by atomic mass is 9.47. The maximum Gasteiger partial charge on any atom is 0.203 e. The van der Waals surface area contributed by atoms with Gasteiger partial charge in [-0.2, -0.15) is 37.9 Å². The van der Waals surface area contributed by atoms with Gasteiger partial charge in [0.1, 0.15) is 0 Å². The monoisotopic (exact) mass is 893 g/mol. The van der Waals surface area contributed by atoms with Crippen LogP contribution in [0, 0.1) is 0 Å². The number of allylic oxidation sites excluding steroid dienone is 2. The first-order valence-electron chi connectivity index (χ1n) is 23.6. The van der Waals surface area contributed by atoms with Crippen LogP contribution in [0.1, 0.15) is 42.0 Å². The normalized spacial score (nSPS) is 22.1. The zero-order valence-corrected chi connectivity index (χ0v) is 38.3. The Morgan fingerprint density at radius 2 is 0.923 bits per heavy atom. The van der Waals surface area contributed by atoms with E-state index in [1.807, 2.05) is 0 Å². The summed E-state index contributed by atoms with van der Waals surface area (Å²) in [5.41, 5.74) is 6.45. The number of hydrogen-bond donors (Lipinski definition) is 3. The Kier molecular flexibility index (Phi) is 5.88. The Morgan fingerprint density at radius 3 is 1.51 bits per heavy atom. The van der Waals surface area contributed by atoms with E-state index < -0.39 is 5.41 Å². The van der Waals surface area contributed by atoms with Crippen LogP contribution in [-0.4, -0.2) is 55.6 Å². The van der Waals surface area contributed by atoms with E-state index in [0.717, 1.165) is 54.6 Å². The van der Waals surface area contributed by atoms with Gasteiger partial charge in [0, 0.05) is 12.1 Å². The van der Waals surface area contributed by atoms with Gasteiger partial charge < -0.3 is 14.2 Å². The molecule has 0 N–H and O–H groups in total. The number of nitrogens with zero attached hydrogens (tertiary/aromatic N) is 1. The van der Waals surface area contributed by atoms with E-state index in [-0.39, 0.29) is 11.5 Å². The van der Waals surface area contributed by atoms with Crippen molar-refractivity contribution >= 4 is 168 Å². The van der Waals surface area contributed by atoms with Crippen LogP contribution in [-0.2, 0) is 10.8 Å². The molecule has 0 aromatic heterocycles. The first-order chi connectivity index (χ1) is 32.1. The lowest BCUT2D eigenvalue weighted by molar-refractivity contribution is 0.229. The number of likely N-dealkylation sites (tertiary alicyclic amines) is 1. The summed E-state index contributed by atoms with van der Waals surface area (Å²) < 4.78 is 20.6. The molecule has 13 aromatic rings. The maximum absolute atomic E-state index is 7.14. The SMILES string of the molecule is CN1CC23C4=c5ccc6c7ccc8c9ccc%10c%11ccc%12c%13c(c%14c%15c2c5c6c2c7c8c5c9c%10c(c%13%11)c%14c5c%152)C3(C=%12C=C4)C1c1ccc(OCCCS)c(OCCCS)c1OCCCS. The van der Waals surface area contributed by atoms with Crippen molar-refractivity contribution in [1.29, 1.82) is 0 Å². The molecule has 3 unspecified atom stereocenters. The van der Waals surface area contributed by atoms with Crippen molar-refractivity contribution in [2.75, 3.05) is 50.7 Å². The van der Waals surface area contributed by atoms with E-state index in [9.17, 15) is 0 Å². The molecule has 1 fully saturated rings. The summed E-state index contributed by atoms with van der Waals surface area (Å²) >= 11 is 13.8. The highest BCUT2D eigenvalue weighted by molar-refractivity contribution is 7.80.